The maximum atomic E-state index is 12.2. The third-order valence-corrected chi connectivity index (χ3v) is 4.59. The summed E-state index contributed by atoms with van der Waals surface area (Å²) in [5.41, 5.74) is 0.926. The number of rotatable bonds is 3. The van der Waals surface area contributed by atoms with E-state index >= 15 is 0 Å². The van der Waals surface area contributed by atoms with Gasteiger partial charge in [0.05, 0.1) is 5.02 Å². The summed E-state index contributed by atoms with van der Waals surface area (Å²) in [6.07, 6.45) is 8.93. The van der Waals surface area contributed by atoms with E-state index in [4.69, 9.17) is 11.6 Å². The van der Waals surface area contributed by atoms with Gasteiger partial charge in [-0.25, -0.2) is 0 Å². The van der Waals surface area contributed by atoms with Gasteiger partial charge in [-0.1, -0.05) is 24.4 Å². The number of carbonyl (C=O) groups is 1. The van der Waals surface area contributed by atoms with Gasteiger partial charge in [0, 0.05) is 24.7 Å². The highest BCUT2D eigenvalue weighted by Gasteiger charge is 2.53. The van der Waals surface area contributed by atoms with Crippen molar-refractivity contribution in [3.05, 3.63) is 29.0 Å². The topological polar surface area (TPSA) is 30.0 Å². The summed E-state index contributed by atoms with van der Waals surface area (Å²) >= 11 is 6.03. The van der Waals surface area contributed by atoms with Gasteiger partial charge in [0.2, 0.25) is 0 Å². The van der Waals surface area contributed by atoms with Crippen LogP contribution < -0.4 is 0 Å². The molecule has 17 heavy (non-hydrogen) atoms. The molecule has 0 saturated heterocycles. The summed E-state index contributed by atoms with van der Waals surface area (Å²) in [6, 6.07) is 1.85. The predicted molar refractivity (Wildman–Crippen MR) is 66.9 cm³/mol. The van der Waals surface area contributed by atoms with Crippen molar-refractivity contribution in [1.29, 1.82) is 0 Å². The van der Waals surface area contributed by atoms with Crippen molar-refractivity contribution in [2.45, 2.75) is 32.1 Å². The van der Waals surface area contributed by atoms with Gasteiger partial charge in [-0.3, -0.25) is 9.78 Å². The summed E-state index contributed by atoms with van der Waals surface area (Å²) in [7, 11) is 0. The maximum Gasteiger partial charge on any atom is 0.140 e. The van der Waals surface area contributed by atoms with E-state index < -0.39 is 0 Å². The molecule has 90 valence electrons. The Labute approximate surface area is 106 Å². The molecular weight excluding hydrogens is 234 g/mol. The number of Topliss-reactive ketones (excluding diaryl/α,β-unsaturated/α-hetero) is 1. The lowest BCUT2D eigenvalue weighted by atomic mass is 10.0. The fourth-order valence-corrected chi connectivity index (χ4v) is 3.51. The monoisotopic (exact) mass is 249 g/mol. The second-order valence-electron chi connectivity index (χ2n) is 5.25. The van der Waals surface area contributed by atoms with E-state index in [0.29, 0.717) is 35.0 Å². The summed E-state index contributed by atoms with van der Waals surface area (Å²) in [4.78, 5) is 16.2. The molecular formula is C14H16ClNO. The van der Waals surface area contributed by atoms with Crippen LogP contribution in [0.3, 0.4) is 0 Å². The molecule has 1 heterocycles. The molecule has 0 spiro atoms. The number of aromatic nitrogens is 1. The molecule has 3 rings (SSSR count). The molecule has 2 fully saturated rings. The van der Waals surface area contributed by atoms with Crippen LogP contribution in [0.5, 0.6) is 0 Å². The smallest absolute Gasteiger partial charge is 0.140 e. The van der Waals surface area contributed by atoms with Crippen molar-refractivity contribution in [3.63, 3.8) is 0 Å². The maximum absolute atomic E-state index is 12.2. The first kappa shape index (κ1) is 11.2. The van der Waals surface area contributed by atoms with Crippen molar-refractivity contribution in [3.8, 4) is 0 Å². The van der Waals surface area contributed by atoms with Gasteiger partial charge in [-0.15, -0.1) is 0 Å². The Bertz CT molecular complexity index is 434. The quantitative estimate of drug-likeness (QED) is 0.823. The Morgan fingerprint density at radius 3 is 2.71 bits per heavy atom. The summed E-state index contributed by atoms with van der Waals surface area (Å²) < 4.78 is 0. The van der Waals surface area contributed by atoms with Crippen LogP contribution in [0.4, 0.5) is 0 Å². The van der Waals surface area contributed by atoms with E-state index in [-0.39, 0.29) is 0 Å². The minimum atomic E-state index is 0.335. The lowest BCUT2D eigenvalue weighted by Gasteiger charge is -2.04. The number of halogens is 1. The largest absolute Gasteiger partial charge is 0.299 e. The SMILES string of the molecule is O=C(Cc1ccncc1Cl)C1C2CCCCC21. The minimum absolute atomic E-state index is 0.335. The average molecular weight is 250 g/mol. The Balaban J connectivity index is 1.67. The van der Waals surface area contributed by atoms with Crippen LogP contribution in [0.1, 0.15) is 31.2 Å². The molecule has 2 aliphatic carbocycles. The lowest BCUT2D eigenvalue weighted by Crippen LogP contribution is -2.08. The normalized spacial score (nSPS) is 30.8. The molecule has 2 aliphatic rings. The van der Waals surface area contributed by atoms with Crippen LogP contribution in [0.15, 0.2) is 18.5 Å². The number of hydrogen-bond acceptors (Lipinski definition) is 2. The number of carbonyl (C=O) groups excluding carboxylic acids is 1. The van der Waals surface area contributed by atoms with Crippen molar-refractivity contribution < 1.29 is 4.79 Å². The molecule has 2 saturated carbocycles. The first-order valence-electron chi connectivity index (χ1n) is 6.38. The summed E-state index contributed by atoms with van der Waals surface area (Å²) in [5.74, 6) is 2.10. The van der Waals surface area contributed by atoms with Crippen molar-refractivity contribution in [2.24, 2.45) is 17.8 Å². The molecule has 2 unspecified atom stereocenters. The second-order valence-corrected chi connectivity index (χ2v) is 5.66. The first-order chi connectivity index (χ1) is 8.27. The Hall–Kier alpha value is -0.890. The molecule has 0 radical (unpaired) electrons. The Morgan fingerprint density at radius 2 is 2.06 bits per heavy atom. The zero-order valence-corrected chi connectivity index (χ0v) is 10.5. The van der Waals surface area contributed by atoms with Crippen LogP contribution >= 0.6 is 11.6 Å². The molecule has 2 nitrogen and oxygen atoms in total. The number of ketones is 1. The fourth-order valence-electron chi connectivity index (χ4n) is 3.32. The lowest BCUT2D eigenvalue weighted by molar-refractivity contribution is -0.120. The molecule has 0 aromatic carbocycles. The number of pyridine rings is 1. The third kappa shape index (κ3) is 2.11. The molecule has 0 aliphatic heterocycles. The van der Waals surface area contributed by atoms with Gasteiger partial charge >= 0.3 is 0 Å². The van der Waals surface area contributed by atoms with E-state index in [1.165, 1.54) is 25.7 Å². The molecule has 2 atom stereocenters. The average Bonchev–Trinajstić information content (AvgIpc) is 3.06. The van der Waals surface area contributed by atoms with Gasteiger partial charge in [0.1, 0.15) is 5.78 Å². The molecule has 0 N–H and O–H groups in total. The third-order valence-electron chi connectivity index (χ3n) is 4.25. The van der Waals surface area contributed by atoms with Crippen molar-refractivity contribution in [2.75, 3.05) is 0 Å². The minimum Gasteiger partial charge on any atom is -0.299 e. The Morgan fingerprint density at radius 1 is 1.35 bits per heavy atom. The highest BCUT2D eigenvalue weighted by molar-refractivity contribution is 6.31. The summed E-state index contributed by atoms with van der Waals surface area (Å²) in [5, 5.41) is 0.615. The summed E-state index contributed by atoms with van der Waals surface area (Å²) in [6.45, 7) is 0. The van der Waals surface area contributed by atoms with Gasteiger partial charge in [0.15, 0.2) is 0 Å². The second kappa shape index (κ2) is 4.41. The van der Waals surface area contributed by atoms with Crippen molar-refractivity contribution >= 4 is 17.4 Å². The number of nitrogens with zero attached hydrogens (tertiary/aromatic N) is 1. The van der Waals surface area contributed by atoms with Crippen LogP contribution in [0, 0.1) is 17.8 Å². The van der Waals surface area contributed by atoms with Gasteiger partial charge in [-0.05, 0) is 36.3 Å². The first-order valence-corrected chi connectivity index (χ1v) is 6.76. The van der Waals surface area contributed by atoms with E-state index in [1.54, 1.807) is 12.4 Å². The van der Waals surface area contributed by atoms with E-state index in [2.05, 4.69) is 4.98 Å². The van der Waals surface area contributed by atoms with Crippen LogP contribution in [0.25, 0.3) is 0 Å². The highest BCUT2D eigenvalue weighted by atomic mass is 35.5. The number of hydrogen-bond donors (Lipinski definition) is 0. The molecule has 1 aromatic heterocycles. The molecule has 1 aromatic rings. The van der Waals surface area contributed by atoms with Crippen molar-refractivity contribution in [1.82, 2.24) is 4.98 Å². The van der Waals surface area contributed by atoms with Gasteiger partial charge < -0.3 is 0 Å². The molecule has 0 amide bonds. The van der Waals surface area contributed by atoms with Crippen LogP contribution in [-0.4, -0.2) is 10.8 Å². The van der Waals surface area contributed by atoms with Gasteiger partial charge in [-0.2, -0.15) is 0 Å². The fraction of sp³-hybridized carbons (Fsp3) is 0.571. The van der Waals surface area contributed by atoms with E-state index in [1.807, 2.05) is 6.07 Å². The standard InChI is InChI=1S/C14H16ClNO/c15-12-8-16-6-5-9(12)7-13(17)14-10-3-1-2-4-11(10)14/h5-6,8,10-11,14H,1-4,7H2. The van der Waals surface area contributed by atoms with Crippen LogP contribution in [-0.2, 0) is 11.2 Å². The van der Waals surface area contributed by atoms with Gasteiger partial charge in [0.25, 0.3) is 0 Å². The van der Waals surface area contributed by atoms with E-state index in [0.717, 1.165) is 5.56 Å². The Kier molecular flexibility index (Phi) is 2.91. The number of fused-ring (bicyclic) bond motifs is 1. The van der Waals surface area contributed by atoms with E-state index in [9.17, 15) is 4.79 Å². The zero-order chi connectivity index (χ0) is 11.8. The molecule has 0 bridgehead atoms. The zero-order valence-electron chi connectivity index (χ0n) is 9.73. The predicted octanol–water partition coefficient (Wildman–Crippen LogP) is 3.28. The highest BCUT2D eigenvalue weighted by Crippen LogP contribution is 2.56. The molecule has 3 heteroatoms. The van der Waals surface area contributed by atoms with Crippen LogP contribution in [0.2, 0.25) is 5.02 Å².